The van der Waals surface area contributed by atoms with Crippen molar-refractivity contribution in [1.82, 2.24) is 9.78 Å². The average Bonchev–Trinajstić information content (AvgIpc) is 3.11. The van der Waals surface area contributed by atoms with Crippen molar-refractivity contribution in [2.75, 3.05) is 19.5 Å². The van der Waals surface area contributed by atoms with Gasteiger partial charge in [0.25, 0.3) is 0 Å². The maximum absolute atomic E-state index is 12.5. The average molecular weight is 486 g/mol. The van der Waals surface area contributed by atoms with Gasteiger partial charge in [0.05, 0.1) is 27.0 Å². The number of halogens is 1. The van der Waals surface area contributed by atoms with Crippen molar-refractivity contribution >= 4 is 27.7 Å². The van der Waals surface area contributed by atoms with E-state index in [0.717, 1.165) is 40.7 Å². The minimum atomic E-state index is 0.00738. The topological polar surface area (TPSA) is 65.4 Å². The summed E-state index contributed by atoms with van der Waals surface area (Å²) in [6.45, 7) is 2.47. The first-order valence-corrected chi connectivity index (χ1v) is 11.1. The van der Waals surface area contributed by atoms with E-state index in [9.17, 15) is 4.79 Å². The number of rotatable bonds is 10. The number of anilines is 1. The summed E-state index contributed by atoms with van der Waals surface area (Å²) in [6, 6.07) is 14.1. The van der Waals surface area contributed by atoms with Gasteiger partial charge in [-0.3, -0.25) is 4.79 Å². The van der Waals surface area contributed by atoms with Crippen LogP contribution in [0.3, 0.4) is 0 Å². The number of methoxy groups -OCH3 is 2. The Bertz CT molecular complexity index is 1020. The first-order chi connectivity index (χ1) is 15.0. The molecule has 0 saturated heterocycles. The maximum Gasteiger partial charge on any atom is 0.225 e. The van der Waals surface area contributed by atoms with Gasteiger partial charge < -0.3 is 14.8 Å². The molecule has 0 atom stereocenters. The number of ether oxygens (including phenoxy) is 2. The standard InChI is InChI=1S/C24H28BrN3O3/c1-17-15-26-28(16-19-10-13-21(30-2)22(14-19)31-3)24(17)27-23(29)7-5-4-6-18-8-11-20(25)12-9-18/h8-15H,4-7,16H2,1-3H3,(H,27,29). The molecule has 0 bridgehead atoms. The molecule has 2 aromatic carbocycles. The zero-order valence-electron chi connectivity index (χ0n) is 18.2. The monoisotopic (exact) mass is 485 g/mol. The molecule has 0 aliphatic heterocycles. The summed E-state index contributed by atoms with van der Waals surface area (Å²) < 4.78 is 13.6. The number of carbonyl (C=O) groups is 1. The van der Waals surface area contributed by atoms with Gasteiger partial charge in [0, 0.05) is 16.5 Å². The van der Waals surface area contributed by atoms with E-state index in [2.05, 4.69) is 38.5 Å². The van der Waals surface area contributed by atoms with E-state index in [0.29, 0.717) is 24.5 Å². The number of hydrogen-bond acceptors (Lipinski definition) is 4. The first kappa shape index (κ1) is 22.9. The Labute approximate surface area is 191 Å². The molecule has 6 nitrogen and oxygen atoms in total. The van der Waals surface area contributed by atoms with Crippen LogP contribution in [0.25, 0.3) is 0 Å². The Morgan fingerprint density at radius 3 is 2.45 bits per heavy atom. The van der Waals surface area contributed by atoms with E-state index in [1.165, 1.54) is 5.56 Å². The Balaban J connectivity index is 1.55. The molecule has 1 amide bonds. The molecule has 0 unspecified atom stereocenters. The third-order valence-electron chi connectivity index (χ3n) is 5.09. The van der Waals surface area contributed by atoms with Crippen LogP contribution in [0.2, 0.25) is 0 Å². The molecule has 7 heteroatoms. The van der Waals surface area contributed by atoms with Crippen LogP contribution in [0.15, 0.2) is 53.1 Å². The van der Waals surface area contributed by atoms with Crippen LogP contribution >= 0.6 is 15.9 Å². The highest BCUT2D eigenvalue weighted by atomic mass is 79.9. The molecule has 0 aliphatic rings. The van der Waals surface area contributed by atoms with Crippen molar-refractivity contribution < 1.29 is 14.3 Å². The van der Waals surface area contributed by atoms with Gasteiger partial charge in [-0.05, 0) is 61.6 Å². The highest BCUT2D eigenvalue weighted by molar-refractivity contribution is 9.10. The molecule has 0 saturated carbocycles. The van der Waals surface area contributed by atoms with E-state index in [1.807, 2.05) is 37.3 Å². The van der Waals surface area contributed by atoms with Crippen LogP contribution < -0.4 is 14.8 Å². The van der Waals surface area contributed by atoms with Crippen LogP contribution in [-0.2, 0) is 17.8 Å². The summed E-state index contributed by atoms with van der Waals surface area (Å²) in [4.78, 5) is 12.5. The number of hydrogen-bond donors (Lipinski definition) is 1. The number of unbranched alkanes of at least 4 members (excludes halogenated alkanes) is 1. The Morgan fingerprint density at radius 2 is 1.74 bits per heavy atom. The lowest BCUT2D eigenvalue weighted by molar-refractivity contribution is -0.116. The first-order valence-electron chi connectivity index (χ1n) is 10.3. The van der Waals surface area contributed by atoms with Crippen LogP contribution in [0.1, 0.15) is 36.0 Å². The van der Waals surface area contributed by atoms with Gasteiger partial charge in [0.15, 0.2) is 11.5 Å². The minimum absolute atomic E-state index is 0.00738. The molecule has 1 heterocycles. The number of aryl methyl sites for hydroxylation is 2. The second kappa shape index (κ2) is 11.0. The number of benzene rings is 2. The quantitative estimate of drug-likeness (QED) is 0.392. The zero-order valence-corrected chi connectivity index (χ0v) is 19.7. The zero-order chi connectivity index (χ0) is 22.2. The summed E-state index contributed by atoms with van der Waals surface area (Å²) in [5, 5.41) is 7.47. The predicted molar refractivity (Wildman–Crippen MR) is 126 cm³/mol. The van der Waals surface area contributed by atoms with Crippen LogP contribution in [-0.4, -0.2) is 29.9 Å². The van der Waals surface area contributed by atoms with Crippen molar-refractivity contribution in [2.24, 2.45) is 0 Å². The SMILES string of the molecule is COc1ccc(Cn2ncc(C)c2NC(=O)CCCCc2ccc(Br)cc2)cc1OC. The molecule has 1 N–H and O–H groups in total. The smallest absolute Gasteiger partial charge is 0.225 e. The predicted octanol–water partition coefficient (Wildman–Crippen LogP) is 5.37. The fourth-order valence-corrected chi connectivity index (χ4v) is 3.64. The number of nitrogens with zero attached hydrogens (tertiary/aromatic N) is 2. The van der Waals surface area contributed by atoms with E-state index >= 15 is 0 Å². The lowest BCUT2D eigenvalue weighted by Crippen LogP contribution is -2.16. The Hall–Kier alpha value is -2.80. The molecule has 164 valence electrons. The largest absolute Gasteiger partial charge is 0.493 e. The summed E-state index contributed by atoms with van der Waals surface area (Å²) in [6.07, 6.45) is 5.03. The molecule has 1 aromatic heterocycles. The number of nitrogens with one attached hydrogen (secondary N) is 1. The highest BCUT2D eigenvalue weighted by Crippen LogP contribution is 2.28. The molecule has 0 fully saturated rings. The highest BCUT2D eigenvalue weighted by Gasteiger charge is 2.13. The van der Waals surface area contributed by atoms with Gasteiger partial charge in [-0.2, -0.15) is 5.10 Å². The van der Waals surface area contributed by atoms with E-state index in [4.69, 9.17) is 9.47 Å². The summed E-state index contributed by atoms with van der Waals surface area (Å²) >= 11 is 3.45. The van der Waals surface area contributed by atoms with Crippen LogP contribution in [0.5, 0.6) is 11.5 Å². The van der Waals surface area contributed by atoms with Gasteiger partial charge in [-0.25, -0.2) is 4.68 Å². The molecule has 0 spiro atoms. The van der Waals surface area contributed by atoms with Gasteiger partial charge in [-0.15, -0.1) is 0 Å². The molecule has 0 radical (unpaired) electrons. The molecule has 3 aromatic rings. The van der Waals surface area contributed by atoms with Gasteiger partial charge in [0.1, 0.15) is 5.82 Å². The molecule has 3 rings (SSSR count). The Kier molecular flexibility index (Phi) is 8.12. The third kappa shape index (κ3) is 6.34. The van der Waals surface area contributed by atoms with Crippen molar-refractivity contribution in [3.8, 4) is 11.5 Å². The minimum Gasteiger partial charge on any atom is -0.493 e. The van der Waals surface area contributed by atoms with Gasteiger partial charge in [0.2, 0.25) is 5.91 Å². The van der Waals surface area contributed by atoms with Gasteiger partial charge >= 0.3 is 0 Å². The summed E-state index contributed by atoms with van der Waals surface area (Å²) in [5.74, 6) is 2.08. The fraction of sp³-hybridized carbons (Fsp3) is 0.333. The lowest BCUT2D eigenvalue weighted by Gasteiger charge is -2.12. The molecular formula is C24H28BrN3O3. The van der Waals surface area contributed by atoms with Gasteiger partial charge in [-0.1, -0.05) is 34.1 Å². The van der Waals surface area contributed by atoms with Crippen molar-refractivity contribution in [1.29, 1.82) is 0 Å². The third-order valence-corrected chi connectivity index (χ3v) is 5.62. The summed E-state index contributed by atoms with van der Waals surface area (Å²) in [5.41, 5.74) is 3.22. The fourth-order valence-electron chi connectivity index (χ4n) is 3.37. The molecule has 0 aliphatic carbocycles. The number of aromatic nitrogens is 2. The van der Waals surface area contributed by atoms with E-state index in [-0.39, 0.29) is 5.91 Å². The lowest BCUT2D eigenvalue weighted by atomic mass is 10.1. The van der Waals surface area contributed by atoms with Crippen LogP contribution in [0.4, 0.5) is 5.82 Å². The van der Waals surface area contributed by atoms with Crippen molar-refractivity contribution in [3.05, 3.63) is 69.8 Å². The normalized spacial score (nSPS) is 10.7. The molecule has 31 heavy (non-hydrogen) atoms. The number of amides is 1. The Morgan fingerprint density at radius 1 is 1.03 bits per heavy atom. The number of carbonyl (C=O) groups excluding carboxylic acids is 1. The molecular weight excluding hydrogens is 458 g/mol. The van der Waals surface area contributed by atoms with E-state index < -0.39 is 0 Å². The van der Waals surface area contributed by atoms with E-state index in [1.54, 1.807) is 25.1 Å². The van der Waals surface area contributed by atoms with Crippen molar-refractivity contribution in [3.63, 3.8) is 0 Å². The van der Waals surface area contributed by atoms with Crippen molar-refractivity contribution in [2.45, 2.75) is 39.2 Å². The van der Waals surface area contributed by atoms with Crippen LogP contribution in [0, 0.1) is 6.92 Å². The second-order valence-electron chi connectivity index (χ2n) is 7.40. The second-order valence-corrected chi connectivity index (χ2v) is 8.32. The summed E-state index contributed by atoms with van der Waals surface area (Å²) in [7, 11) is 3.23. The maximum atomic E-state index is 12.5.